The zero-order valence-corrected chi connectivity index (χ0v) is 16.2. The van der Waals surface area contributed by atoms with Crippen LogP contribution < -0.4 is 0 Å². The fourth-order valence-corrected chi connectivity index (χ4v) is 4.57. The fraction of sp³-hybridized carbons (Fsp3) is 0.300. The fourth-order valence-electron chi connectivity index (χ4n) is 2.91. The van der Waals surface area contributed by atoms with Gasteiger partial charge in [0.1, 0.15) is 6.61 Å². The number of morpholine rings is 1. The first-order valence-corrected chi connectivity index (χ1v) is 10.2. The molecule has 1 aliphatic heterocycles. The number of hydrogen-bond acceptors (Lipinski definition) is 6. The molecule has 1 saturated heterocycles. The number of esters is 1. The molecule has 8 heteroatoms. The zero-order chi connectivity index (χ0) is 20.1. The maximum absolute atomic E-state index is 12.9. The first-order chi connectivity index (χ1) is 13.4. The Balaban J connectivity index is 1.80. The van der Waals surface area contributed by atoms with E-state index in [4.69, 9.17) is 14.7 Å². The van der Waals surface area contributed by atoms with E-state index in [0.29, 0.717) is 29.9 Å². The lowest BCUT2D eigenvalue weighted by Crippen LogP contribution is -2.40. The molecule has 0 spiro atoms. The number of carbonyl (C=O) groups is 1. The van der Waals surface area contributed by atoms with Crippen LogP contribution in [0.4, 0.5) is 0 Å². The minimum absolute atomic E-state index is 0.0675. The van der Waals surface area contributed by atoms with Gasteiger partial charge in [-0.15, -0.1) is 0 Å². The molecule has 0 radical (unpaired) electrons. The molecule has 0 aromatic heterocycles. The van der Waals surface area contributed by atoms with Gasteiger partial charge in [0.05, 0.1) is 35.3 Å². The smallest absolute Gasteiger partial charge is 0.338 e. The zero-order valence-electron chi connectivity index (χ0n) is 15.4. The van der Waals surface area contributed by atoms with Crippen LogP contribution in [0.25, 0.3) is 0 Å². The average molecular weight is 400 g/mol. The molecule has 2 aromatic carbocycles. The van der Waals surface area contributed by atoms with Crippen LogP contribution in [0.15, 0.2) is 47.4 Å². The number of rotatable bonds is 5. The van der Waals surface area contributed by atoms with E-state index >= 15 is 0 Å². The summed E-state index contributed by atoms with van der Waals surface area (Å²) in [4.78, 5) is 12.5. The molecule has 1 fully saturated rings. The van der Waals surface area contributed by atoms with Crippen molar-refractivity contribution in [1.82, 2.24) is 4.31 Å². The summed E-state index contributed by atoms with van der Waals surface area (Å²) < 4.78 is 37.7. The summed E-state index contributed by atoms with van der Waals surface area (Å²) in [7, 11) is -3.72. The standard InChI is InChI=1S/C20H20N2O5S/c1-15-6-7-16(12-19(15)28(24,25)22-8-10-26-11-9-22)20(23)27-14-18-5-3-2-4-17(18)13-21/h2-7,12H,8-11,14H2,1H3. The van der Waals surface area contributed by atoms with Crippen molar-refractivity contribution in [1.29, 1.82) is 5.26 Å². The summed E-state index contributed by atoms with van der Waals surface area (Å²) >= 11 is 0. The number of nitriles is 1. The number of nitrogens with zero attached hydrogens (tertiary/aromatic N) is 2. The van der Waals surface area contributed by atoms with Crippen LogP contribution in [0.5, 0.6) is 0 Å². The highest BCUT2D eigenvalue weighted by molar-refractivity contribution is 7.89. The molecule has 3 rings (SSSR count). The topological polar surface area (TPSA) is 96.7 Å². The minimum Gasteiger partial charge on any atom is -0.457 e. The number of benzene rings is 2. The molecule has 0 N–H and O–H groups in total. The van der Waals surface area contributed by atoms with Crippen molar-refractivity contribution in [2.24, 2.45) is 0 Å². The Morgan fingerprint density at radius 1 is 1.21 bits per heavy atom. The third-order valence-corrected chi connectivity index (χ3v) is 6.55. The molecular weight excluding hydrogens is 380 g/mol. The van der Waals surface area contributed by atoms with Gasteiger partial charge in [0.25, 0.3) is 0 Å². The molecule has 0 unspecified atom stereocenters. The molecule has 0 aliphatic carbocycles. The maximum Gasteiger partial charge on any atom is 0.338 e. The second kappa shape index (κ2) is 8.52. The summed E-state index contributed by atoms with van der Waals surface area (Å²) in [5, 5.41) is 9.11. The minimum atomic E-state index is -3.72. The molecule has 0 atom stereocenters. The largest absolute Gasteiger partial charge is 0.457 e. The monoisotopic (exact) mass is 400 g/mol. The lowest BCUT2D eigenvalue weighted by molar-refractivity contribution is 0.0472. The van der Waals surface area contributed by atoms with E-state index in [2.05, 4.69) is 0 Å². The van der Waals surface area contributed by atoms with Crippen LogP contribution in [0.2, 0.25) is 0 Å². The van der Waals surface area contributed by atoms with E-state index in [1.165, 1.54) is 16.4 Å². The third-order valence-electron chi connectivity index (χ3n) is 4.51. The molecular formula is C20H20N2O5S. The van der Waals surface area contributed by atoms with Crippen molar-refractivity contribution >= 4 is 16.0 Å². The van der Waals surface area contributed by atoms with Crippen molar-refractivity contribution in [3.05, 3.63) is 64.7 Å². The molecule has 7 nitrogen and oxygen atoms in total. The van der Waals surface area contributed by atoms with E-state index in [1.54, 1.807) is 37.3 Å². The molecule has 28 heavy (non-hydrogen) atoms. The third kappa shape index (κ3) is 4.22. The molecule has 1 heterocycles. The van der Waals surface area contributed by atoms with E-state index in [1.807, 2.05) is 6.07 Å². The highest BCUT2D eigenvalue weighted by Gasteiger charge is 2.28. The van der Waals surface area contributed by atoms with Gasteiger partial charge in [-0.2, -0.15) is 9.57 Å². The number of hydrogen-bond donors (Lipinski definition) is 0. The lowest BCUT2D eigenvalue weighted by Gasteiger charge is -2.26. The van der Waals surface area contributed by atoms with Crippen LogP contribution in [0, 0.1) is 18.3 Å². The average Bonchev–Trinajstić information content (AvgIpc) is 2.73. The van der Waals surface area contributed by atoms with Gasteiger partial charge in [0.2, 0.25) is 10.0 Å². The normalized spacial score (nSPS) is 15.0. The van der Waals surface area contributed by atoms with Crippen LogP contribution in [-0.4, -0.2) is 45.0 Å². The number of carbonyl (C=O) groups excluding carboxylic acids is 1. The summed E-state index contributed by atoms with van der Waals surface area (Å²) in [6.45, 7) is 2.87. The predicted octanol–water partition coefficient (Wildman–Crippen LogP) is 2.24. The van der Waals surface area contributed by atoms with Crippen molar-refractivity contribution in [3.8, 4) is 6.07 Å². The van der Waals surface area contributed by atoms with E-state index in [9.17, 15) is 13.2 Å². The molecule has 0 saturated carbocycles. The van der Waals surface area contributed by atoms with Crippen molar-refractivity contribution in [3.63, 3.8) is 0 Å². The first kappa shape index (κ1) is 20.0. The molecule has 146 valence electrons. The van der Waals surface area contributed by atoms with Crippen LogP contribution in [0.3, 0.4) is 0 Å². The second-order valence-electron chi connectivity index (χ2n) is 6.34. The predicted molar refractivity (Wildman–Crippen MR) is 101 cm³/mol. The molecule has 0 bridgehead atoms. The van der Waals surface area contributed by atoms with Crippen LogP contribution in [0.1, 0.15) is 27.0 Å². The Bertz CT molecular complexity index is 1020. The highest BCUT2D eigenvalue weighted by Crippen LogP contribution is 2.23. The SMILES string of the molecule is Cc1ccc(C(=O)OCc2ccccc2C#N)cc1S(=O)(=O)N1CCOCC1. The Hall–Kier alpha value is -2.73. The van der Waals surface area contributed by atoms with Crippen molar-refractivity contribution < 1.29 is 22.7 Å². The first-order valence-electron chi connectivity index (χ1n) is 8.77. The van der Waals surface area contributed by atoms with Crippen LogP contribution >= 0.6 is 0 Å². The lowest BCUT2D eigenvalue weighted by atomic mass is 10.1. The van der Waals surface area contributed by atoms with Gasteiger partial charge in [-0.25, -0.2) is 13.2 Å². The molecule has 1 aliphatic rings. The Morgan fingerprint density at radius 3 is 2.64 bits per heavy atom. The summed E-state index contributed by atoms with van der Waals surface area (Å²) in [6, 6.07) is 13.3. The quantitative estimate of drug-likeness (QED) is 0.714. The highest BCUT2D eigenvalue weighted by atomic mass is 32.2. The Morgan fingerprint density at radius 2 is 1.93 bits per heavy atom. The Labute approximate surface area is 164 Å². The van der Waals surface area contributed by atoms with Gasteiger partial charge in [0, 0.05) is 18.7 Å². The van der Waals surface area contributed by atoms with Gasteiger partial charge in [-0.1, -0.05) is 24.3 Å². The second-order valence-corrected chi connectivity index (χ2v) is 8.25. The number of ether oxygens (including phenoxy) is 2. The van der Waals surface area contributed by atoms with Gasteiger partial charge in [0.15, 0.2) is 0 Å². The van der Waals surface area contributed by atoms with Crippen molar-refractivity contribution in [2.75, 3.05) is 26.3 Å². The van der Waals surface area contributed by atoms with Crippen molar-refractivity contribution in [2.45, 2.75) is 18.4 Å². The van der Waals surface area contributed by atoms with Gasteiger partial charge in [-0.05, 0) is 30.7 Å². The van der Waals surface area contributed by atoms with E-state index in [-0.39, 0.29) is 30.2 Å². The molecule has 0 amide bonds. The molecule has 2 aromatic rings. The number of aryl methyl sites for hydroxylation is 1. The summed E-state index contributed by atoms with van der Waals surface area (Å²) in [5.74, 6) is -0.647. The van der Waals surface area contributed by atoms with E-state index < -0.39 is 16.0 Å². The van der Waals surface area contributed by atoms with Gasteiger partial charge in [-0.3, -0.25) is 0 Å². The van der Waals surface area contributed by atoms with Gasteiger partial charge < -0.3 is 9.47 Å². The van der Waals surface area contributed by atoms with E-state index in [0.717, 1.165) is 0 Å². The number of sulfonamides is 1. The van der Waals surface area contributed by atoms with Crippen LogP contribution in [-0.2, 0) is 26.1 Å². The maximum atomic E-state index is 12.9. The van der Waals surface area contributed by atoms with Gasteiger partial charge >= 0.3 is 5.97 Å². The Kier molecular flexibility index (Phi) is 6.09. The summed E-state index contributed by atoms with van der Waals surface area (Å²) in [6.07, 6.45) is 0. The summed E-state index contributed by atoms with van der Waals surface area (Å²) in [5.41, 5.74) is 1.71.